The Morgan fingerprint density at radius 2 is 2.00 bits per heavy atom. The molecule has 1 aromatic heterocycles. The number of urea groups is 1. The fourth-order valence-electron chi connectivity index (χ4n) is 2.17. The van der Waals surface area contributed by atoms with Crippen molar-refractivity contribution in [2.45, 2.75) is 25.3 Å². The molecule has 0 saturated carbocycles. The molecule has 136 valence electrons. The molecule has 25 heavy (non-hydrogen) atoms. The first kappa shape index (κ1) is 19.7. The van der Waals surface area contributed by atoms with Gasteiger partial charge in [-0.15, -0.1) is 11.3 Å². The Labute approximate surface area is 156 Å². The van der Waals surface area contributed by atoms with Crippen LogP contribution in [0.15, 0.2) is 35.2 Å². The van der Waals surface area contributed by atoms with Crippen LogP contribution in [0.4, 0.5) is 10.5 Å². The summed E-state index contributed by atoms with van der Waals surface area (Å²) in [5, 5.41) is 2.79. The maximum absolute atomic E-state index is 12.6. The van der Waals surface area contributed by atoms with Gasteiger partial charge in [-0.1, -0.05) is 17.7 Å². The maximum atomic E-state index is 12.6. The van der Waals surface area contributed by atoms with E-state index in [2.05, 4.69) is 10.0 Å². The molecule has 6 nitrogen and oxygen atoms in total. The van der Waals surface area contributed by atoms with Gasteiger partial charge < -0.3 is 10.2 Å². The molecule has 1 heterocycles. The number of thiophene rings is 1. The number of amides is 2. The molecular weight excluding hydrogens is 382 g/mol. The first-order valence-electron chi connectivity index (χ1n) is 7.61. The summed E-state index contributed by atoms with van der Waals surface area (Å²) in [7, 11) is -2.23. The molecule has 0 aliphatic rings. The number of anilines is 1. The van der Waals surface area contributed by atoms with Gasteiger partial charge in [-0.2, -0.15) is 0 Å². The van der Waals surface area contributed by atoms with Crippen LogP contribution in [0.1, 0.15) is 17.4 Å². The van der Waals surface area contributed by atoms with Crippen molar-refractivity contribution in [3.05, 3.63) is 45.1 Å². The highest BCUT2D eigenvalue weighted by atomic mass is 35.5. The third-order valence-corrected chi connectivity index (χ3v) is 6.30. The molecule has 0 unspecified atom stereocenters. The van der Waals surface area contributed by atoms with Crippen molar-refractivity contribution < 1.29 is 13.2 Å². The zero-order valence-electron chi connectivity index (χ0n) is 14.2. The lowest BCUT2D eigenvalue weighted by Gasteiger charge is -2.21. The Bertz CT molecular complexity index is 865. The van der Waals surface area contributed by atoms with E-state index in [0.717, 1.165) is 10.4 Å². The fourth-order valence-corrected chi connectivity index (χ4v) is 4.03. The lowest BCUT2D eigenvalue weighted by atomic mass is 10.2. The van der Waals surface area contributed by atoms with E-state index in [1.54, 1.807) is 24.0 Å². The second-order valence-electron chi connectivity index (χ2n) is 5.33. The highest BCUT2D eigenvalue weighted by Gasteiger charge is 2.17. The van der Waals surface area contributed by atoms with Crippen molar-refractivity contribution in [1.82, 2.24) is 9.62 Å². The Hall–Kier alpha value is -1.61. The lowest BCUT2D eigenvalue weighted by Crippen LogP contribution is -2.34. The number of aryl methyl sites for hydroxylation is 1. The summed E-state index contributed by atoms with van der Waals surface area (Å²) in [5.41, 5.74) is 1.24. The van der Waals surface area contributed by atoms with Gasteiger partial charge >= 0.3 is 6.03 Å². The molecule has 0 atom stereocenters. The van der Waals surface area contributed by atoms with Gasteiger partial charge in [-0.3, -0.25) is 0 Å². The molecule has 0 spiro atoms. The van der Waals surface area contributed by atoms with E-state index in [-0.39, 0.29) is 10.9 Å². The number of benzene rings is 1. The van der Waals surface area contributed by atoms with Crippen LogP contribution in [-0.4, -0.2) is 32.9 Å². The third-order valence-electron chi connectivity index (χ3n) is 3.67. The van der Waals surface area contributed by atoms with Crippen LogP contribution in [0.25, 0.3) is 0 Å². The van der Waals surface area contributed by atoms with Gasteiger partial charge in [-0.05, 0) is 50.7 Å². The largest absolute Gasteiger partial charge is 0.322 e. The van der Waals surface area contributed by atoms with E-state index in [9.17, 15) is 13.2 Å². The molecule has 2 N–H and O–H groups in total. The fraction of sp³-hybridized carbons (Fsp3) is 0.312. The van der Waals surface area contributed by atoms with Gasteiger partial charge in [0.05, 0.1) is 15.8 Å². The molecule has 1 aromatic carbocycles. The predicted octanol–water partition coefficient (Wildman–Crippen LogP) is 3.67. The van der Waals surface area contributed by atoms with Crippen LogP contribution >= 0.6 is 22.9 Å². The summed E-state index contributed by atoms with van der Waals surface area (Å²) in [5.74, 6) is 0. The van der Waals surface area contributed by atoms with E-state index in [4.69, 9.17) is 11.6 Å². The quantitative estimate of drug-likeness (QED) is 0.775. The second-order valence-corrected chi connectivity index (χ2v) is 9.02. The van der Waals surface area contributed by atoms with E-state index >= 15 is 0 Å². The van der Waals surface area contributed by atoms with Crippen LogP contribution in [-0.2, 0) is 16.6 Å². The Kier molecular flexibility index (Phi) is 6.45. The van der Waals surface area contributed by atoms with E-state index in [1.807, 2.05) is 13.0 Å². The summed E-state index contributed by atoms with van der Waals surface area (Å²) in [6.45, 7) is 4.63. The summed E-state index contributed by atoms with van der Waals surface area (Å²) in [6, 6.07) is 8.00. The number of hydrogen-bond acceptors (Lipinski definition) is 4. The van der Waals surface area contributed by atoms with Crippen LogP contribution in [0.2, 0.25) is 4.34 Å². The minimum absolute atomic E-state index is 0.101. The number of sulfonamides is 1. The number of carbonyl (C=O) groups excluding carboxylic acids is 1. The number of hydrogen-bond donors (Lipinski definition) is 2. The third kappa shape index (κ3) is 4.94. The van der Waals surface area contributed by atoms with Crippen LogP contribution in [0.3, 0.4) is 0 Å². The SMILES string of the molecule is CCN(Cc1ccc(Cl)s1)C(=O)Nc1cc(S(=O)(=O)NC)ccc1C. The number of carbonyl (C=O) groups is 1. The summed E-state index contributed by atoms with van der Waals surface area (Å²) in [4.78, 5) is 15.3. The van der Waals surface area contributed by atoms with Crippen LogP contribution in [0, 0.1) is 6.92 Å². The zero-order chi connectivity index (χ0) is 18.6. The van der Waals surface area contributed by atoms with Gasteiger partial charge in [0.25, 0.3) is 0 Å². The Balaban J connectivity index is 2.19. The molecule has 0 fully saturated rings. The van der Waals surface area contributed by atoms with Crippen molar-refractivity contribution in [2.24, 2.45) is 0 Å². The molecule has 0 aliphatic heterocycles. The molecule has 0 radical (unpaired) electrons. The average molecular weight is 402 g/mol. The standard InChI is InChI=1S/C16H20ClN3O3S2/c1-4-20(10-12-6-8-15(17)24-12)16(21)19-14-9-13(7-5-11(14)2)25(22,23)18-3/h5-9,18H,4,10H2,1-3H3,(H,19,21). The van der Waals surface area contributed by atoms with Gasteiger partial charge in [-0.25, -0.2) is 17.9 Å². The molecule has 0 bridgehead atoms. The minimum Gasteiger partial charge on any atom is -0.320 e. The van der Waals surface area contributed by atoms with Gasteiger partial charge in [0, 0.05) is 17.1 Å². The molecule has 0 aliphatic carbocycles. The van der Waals surface area contributed by atoms with Gasteiger partial charge in [0.15, 0.2) is 0 Å². The predicted molar refractivity (Wildman–Crippen MR) is 102 cm³/mol. The first-order chi connectivity index (χ1) is 11.8. The number of rotatable bonds is 6. The highest BCUT2D eigenvalue weighted by molar-refractivity contribution is 7.89. The average Bonchev–Trinajstić information content (AvgIpc) is 2.99. The highest BCUT2D eigenvalue weighted by Crippen LogP contribution is 2.24. The maximum Gasteiger partial charge on any atom is 0.322 e. The topological polar surface area (TPSA) is 78.5 Å². The van der Waals surface area contributed by atoms with Gasteiger partial charge in [0.1, 0.15) is 0 Å². The van der Waals surface area contributed by atoms with E-state index in [0.29, 0.717) is 23.1 Å². The normalized spacial score (nSPS) is 11.4. The van der Waals surface area contributed by atoms with E-state index < -0.39 is 10.0 Å². The molecule has 2 aromatic rings. The second kappa shape index (κ2) is 8.18. The van der Waals surface area contributed by atoms with Crippen molar-refractivity contribution in [3.8, 4) is 0 Å². The van der Waals surface area contributed by atoms with Crippen molar-refractivity contribution in [2.75, 3.05) is 18.9 Å². The van der Waals surface area contributed by atoms with Crippen LogP contribution in [0.5, 0.6) is 0 Å². The molecule has 0 saturated heterocycles. The molecule has 9 heteroatoms. The monoisotopic (exact) mass is 401 g/mol. The van der Waals surface area contributed by atoms with Crippen molar-refractivity contribution in [3.63, 3.8) is 0 Å². The van der Waals surface area contributed by atoms with Crippen molar-refractivity contribution in [1.29, 1.82) is 0 Å². The first-order valence-corrected chi connectivity index (χ1v) is 10.3. The van der Waals surface area contributed by atoms with Crippen LogP contribution < -0.4 is 10.0 Å². The Morgan fingerprint density at radius 1 is 1.28 bits per heavy atom. The van der Waals surface area contributed by atoms with Gasteiger partial charge in [0.2, 0.25) is 10.0 Å². The number of halogens is 1. The summed E-state index contributed by atoms with van der Waals surface area (Å²) in [6.07, 6.45) is 0. The molecular formula is C16H20ClN3O3S2. The zero-order valence-corrected chi connectivity index (χ0v) is 16.6. The molecule has 2 amide bonds. The minimum atomic E-state index is -3.57. The summed E-state index contributed by atoms with van der Waals surface area (Å²) >= 11 is 7.35. The summed E-state index contributed by atoms with van der Waals surface area (Å²) < 4.78 is 26.8. The molecule has 2 rings (SSSR count). The van der Waals surface area contributed by atoms with Crippen molar-refractivity contribution >= 4 is 44.7 Å². The smallest absolute Gasteiger partial charge is 0.320 e. The lowest BCUT2D eigenvalue weighted by molar-refractivity contribution is 0.212. The Morgan fingerprint density at radius 3 is 2.56 bits per heavy atom. The number of nitrogens with one attached hydrogen (secondary N) is 2. The number of nitrogens with zero attached hydrogens (tertiary/aromatic N) is 1. The van der Waals surface area contributed by atoms with E-state index in [1.165, 1.54) is 30.5 Å².